The highest BCUT2D eigenvalue weighted by atomic mass is 16.4. The largest absolute Gasteiger partial charge is 0.478 e. The topological polar surface area (TPSA) is 53.4 Å². The van der Waals surface area contributed by atoms with Gasteiger partial charge in [-0.25, -0.2) is 9.78 Å². The fourth-order valence-electron chi connectivity index (χ4n) is 1.56. The first-order chi connectivity index (χ1) is 7.93. The first kappa shape index (κ1) is 13.2. The van der Waals surface area contributed by atoms with Crippen LogP contribution in [0.15, 0.2) is 24.3 Å². The second kappa shape index (κ2) is 5.48. The predicted molar refractivity (Wildman–Crippen MR) is 68.7 cm³/mol. The Labute approximate surface area is 102 Å². The summed E-state index contributed by atoms with van der Waals surface area (Å²) in [4.78, 5) is 17.3. The second-order valence-electron chi connectivity index (χ2n) is 4.18. The van der Waals surface area contributed by atoms with E-state index in [0.29, 0.717) is 12.4 Å². The lowest BCUT2D eigenvalue weighted by Crippen LogP contribution is -2.21. The van der Waals surface area contributed by atoms with Crippen molar-refractivity contribution in [2.24, 2.45) is 0 Å². The van der Waals surface area contributed by atoms with Crippen molar-refractivity contribution >= 4 is 11.8 Å². The van der Waals surface area contributed by atoms with Gasteiger partial charge in [0.1, 0.15) is 5.82 Å². The molecular formula is C13H18N2O2. The average molecular weight is 234 g/mol. The molecule has 1 heterocycles. The molecule has 17 heavy (non-hydrogen) atoms. The van der Waals surface area contributed by atoms with Gasteiger partial charge in [0.05, 0.1) is 5.56 Å². The van der Waals surface area contributed by atoms with Crippen molar-refractivity contribution in [3.8, 4) is 0 Å². The van der Waals surface area contributed by atoms with E-state index in [1.54, 1.807) is 12.1 Å². The molecule has 92 valence electrons. The van der Waals surface area contributed by atoms with E-state index in [4.69, 9.17) is 5.11 Å². The Morgan fingerprint density at radius 3 is 2.65 bits per heavy atom. The van der Waals surface area contributed by atoms with Gasteiger partial charge in [-0.3, -0.25) is 0 Å². The van der Waals surface area contributed by atoms with Gasteiger partial charge in [-0.2, -0.15) is 0 Å². The SMILES string of the molecule is C=C(C)CN(C)c1cc(C(=O)O)cc(CC)n1. The van der Waals surface area contributed by atoms with Crippen LogP contribution in [0.2, 0.25) is 0 Å². The minimum Gasteiger partial charge on any atom is -0.478 e. The van der Waals surface area contributed by atoms with Crippen molar-refractivity contribution in [1.29, 1.82) is 0 Å². The second-order valence-corrected chi connectivity index (χ2v) is 4.18. The van der Waals surface area contributed by atoms with Gasteiger partial charge >= 0.3 is 5.97 Å². The molecule has 1 aromatic rings. The van der Waals surface area contributed by atoms with Crippen molar-refractivity contribution in [1.82, 2.24) is 4.98 Å². The lowest BCUT2D eigenvalue weighted by atomic mass is 10.2. The summed E-state index contributed by atoms with van der Waals surface area (Å²) in [6.07, 6.45) is 0.717. The fourth-order valence-corrected chi connectivity index (χ4v) is 1.56. The third-order valence-corrected chi connectivity index (χ3v) is 2.37. The maximum absolute atomic E-state index is 11.0. The molecule has 0 aromatic carbocycles. The number of hydrogen-bond acceptors (Lipinski definition) is 3. The molecule has 0 bridgehead atoms. The molecule has 0 unspecified atom stereocenters. The van der Waals surface area contributed by atoms with Crippen LogP contribution in [-0.4, -0.2) is 29.7 Å². The molecule has 0 saturated carbocycles. The Hall–Kier alpha value is -1.84. The van der Waals surface area contributed by atoms with E-state index in [1.807, 2.05) is 25.8 Å². The van der Waals surface area contributed by atoms with E-state index in [1.165, 1.54) is 0 Å². The number of likely N-dealkylation sites (N-methyl/N-ethyl adjacent to an activating group) is 1. The van der Waals surface area contributed by atoms with E-state index < -0.39 is 5.97 Å². The number of aryl methyl sites for hydroxylation is 1. The molecule has 0 amide bonds. The normalized spacial score (nSPS) is 10.1. The van der Waals surface area contributed by atoms with E-state index in [2.05, 4.69) is 11.6 Å². The summed E-state index contributed by atoms with van der Waals surface area (Å²) in [5.41, 5.74) is 2.07. The number of carboxylic acid groups (broad SMARTS) is 1. The Balaban J connectivity index is 3.10. The summed E-state index contributed by atoms with van der Waals surface area (Å²) < 4.78 is 0. The van der Waals surface area contributed by atoms with Gasteiger partial charge < -0.3 is 10.0 Å². The van der Waals surface area contributed by atoms with Crippen molar-refractivity contribution in [2.75, 3.05) is 18.5 Å². The minimum absolute atomic E-state index is 0.278. The first-order valence-electron chi connectivity index (χ1n) is 5.53. The van der Waals surface area contributed by atoms with Crippen LogP contribution < -0.4 is 4.90 Å². The van der Waals surface area contributed by atoms with Crippen molar-refractivity contribution in [2.45, 2.75) is 20.3 Å². The number of rotatable bonds is 5. The van der Waals surface area contributed by atoms with Crippen LogP contribution in [0.25, 0.3) is 0 Å². The standard InChI is InChI=1S/C13H18N2O2/c1-5-11-6-10(13(16)17)7-12(14-11)15(4)8-9(2)3/h6-7H,2,5,8H2,1,3-4H3,(H,16,17). The number of anilines is 1. The first-order valence-corrected chi connectivity index (χ1v) is 5.53. The molecule has 0 atom stereocenters. The molecular weight excluding hydrogens is 216 g/mol. The lowest BCUT2D eigenvalue weighted by Gasteiger charge is -2.19. The third-order valence-electron chi connectivity index (χ3n) is 2.37. The van der Waals surface area contributed by atoms with Gasteiger partial charge in [0.15, 0.2) is 0 Å². The predicted octanol–water partition coefficient (Wildman–Crippen LogP) is 2.35. The van der Waals surface area contributed by atoms with Gasteiger partial charge in [0, 0.05) is 19.3 Å². The molecule has 0 aliphatic carbocycles. The van der Waals surface area contributed by atoms with Gasteiger partial charge in [0.25, 0.3) is 0 Å². The third kappa shape index (κ3) is 3.59. The summed E-state index contributed by atoms with van der Waals surface area (Å²) in [6, 6.07) is 3.20. The zero-order chi connectivity index (χ0) is 13.0. The van der Waals surface area contributed by atoms with Crippen LogP contribution in [0.5, 0.6) is 0 Å². The fraction of sp³-hybridized carbons (Fsp3) is 0.385. The Kier molecular flexibility index (Phi) is 4.26. The number of hydrogen-bond donors (Lipinski definition) is 1. The van der Waals surface area contributed by atoms with Crippen molar-refractivity contribution < 1.29 is 9.90 Å². The number of nitrogens with zero attached hydrogens (tertiary/aromatic N) is 2. The Bertz CT molecular complexity index is 441. The summed E-state index contributed by atoms with van der Waals surface area (Å²) in [5, 5.41) is 9.03. The number of carboxylic acids is 1. The van der Waals surface area contributed by atoms with Crippen LogP contribution in [0, 0.1) is 0 Å². The smallest absolute Gasteiger partial charge is 0.335 e. The van der Waals surface area contributed by atoms with Crippen molar-refractivity contribution in [3.63, 3.8) is 0 Å². The maximum Gasteiger partial charge on any atom is 0.335 e. The maximum atomic E-state index is 11.0. The summed E-state index contributed by atoms with van der Waals surface area (Å²) in [5.74, 6) is -0.253. The highest BCUT2D eigenvalue weighted by Gasteiger charge is 2.10. The summed E-state index contributed by atoms with van der Waals surface area (Å²) in [7, 11) is 1.88. The molecule has 0 saturated heterocycles. The molecule has 0 aliphatic heterocycles. The molecule has 0 spiro atoms. The highest BCUT2D eigenvalue weighted by molar-refractivity contribution is 5.88. The highest BCUT2D eigenvalue weighted by Crippen LogP contribution is 2.15. The Morgan fingerprint density at radius 1 is 1.53 bits per heavy atom. The molecule has 4 heteroatoms. The van der Waals surface area contributed by atoms with Crippen LogP contribution >= 0.6 is 0 Å². The van der Waals surface area contributed by atoms with Gasteiger partial charge in [0.2, 0.25) is 0 Å². The zero-order valence-electron chi connectivity index (χ0n) is 10.5. The molecule has 0 radical (unpaired) electrons. The van der Waals surface area contributed by atoms with E-state index in [0.717, 1.165) is 17.7 Å². The van der Waals surface area contributed by atoms with Crippen LogP contribution in [0.1, 0.15) is 29.9 Å². The number of aromatic nitrogens is 1. The van der Waals surface area contributed by atoms with Crippen LogP contribution in [0.3, 0.4) is 0 Å². The number of pyridine rings is 1. The summed E-state index contributed by atoms with van der Waals surface area (Å²) >= 11 is 0. The molecule has 1 rings (SSSR count). The Morgan fingerprint density at radius 2 is 2.18 bits per heavy atom. The van der Waals surface area contributed by atoms with Crippen molar-refractivity contribution in [3.05, 3.63) is 35.5 Å². The zero-order valence-corrected chi connectivity index (χ0v) is 10.5. The molecule has 1 N–H and O–H groups in total. The average Bonchev–Trinajstić information content (AvgIpc) is 2.27. The quantitative estimate of drug-likeness (QED) is 0.795. The number of aromatic carboxylic acids is 1. The van der Waals surface area contributed by atoms with Crippen LogP contribution in [-0.2, 0) is 6.42 Å². The number of carbonyl (C=O) groups is 1. The molecule has 4 nitrogen and oxygen atoms in total. The molecule has 0 aliphatic rings. The van der Waals surface area contributed by atoms with E-state index in [9.17, 15) is 4.79 Å². The van der Waals surface area contributed by atoms with Gasteiger partial charge in [-0.05, 0) is 25.5 Å². The van der Waals surface area contributed by atoms with Crippen LogP contribution in [0.4, 0.5) is 5.82 Å². The van der Waals surface area contributed by atoms with E-state index >= 15 is 0 Å². The lowest BCUT2D eigenvalue weighted by molar-refractivity contribution is 0.0696. The molecule has 1 aromatic heterocycles. The van der Waals surface area contributed by atoms with E-state index in [-0.39, 0.29) is 5.56 Å². The summed E-state index contributed by atoms with van der Waals surface area (Å²) in [6.45, 7) is 8.38. The molecule has 0 fully saturated rings. The monoisotopic (exact) mass is 234 g/mol. The van der Waals surface area contributed by atoms with Gasteiger partial charge in [-0.1, -0.05) is 19.1 Å². The minimum atomic E-state index is -0.924. The van der Waals surface area contributed by atoms with Gasteiger partial charge in [-0.15, -0.1) is 0 Å².